The third-order valence-corrected chi connectivity index (χ3v) is 5.09. The van der Waals surface area contributed by atoms with E-state index in [4.69, 9.17) is 25.6 Å². The molecule has 0 radical (unpaired) electrons. The maximum atomic E-state index is 12.6. The summed E-state index contributed by atoms with van der Waals surface area (Å²) in [4.78, 5) is 22.5. The lowest BCUT2D eigenvalue weighted by Gasteiger charge is -2.28. The van der Waals surface area contributed by atoms with Gasteiger partial charge in [0.2, 0.25) is 5.91 Å². The fraction of sp³-hybridized carbons (Fsp3) is 0.364. The van der Waals surface area contributed by atoms with Gasteiger partial charge >= 0.3 is 0 Å². The first-order valence-corrected chi connectivity index (χ1v) is 10.2. The molecule has 0 bridgehead atoms. The van der Waals surface area contributed by atoms with Crippen LogP contribution in [-0.2, 0) is 25.7 Å². The lowest BCUT2D eigenvalue weighted by atomic mass is 10.0. The maximum absolute atomic E-state index is 12.6. The van der Waals surface area contributed by atoms with Crippen LogP contribution in [0, 0.1) is 11.3 Å². The molecule has 2 heterocycles. The zero-order valence-electron chi connectivity index (χ0n) is 18.4. The number of amidine groups is 1. The Morgan fingerprint density at radius 3 is 2.62 bits per heavy atom. The Hall–Kier alpha value is -3.34. The Morgan fingerprint density at radius 1 is 1.28 bits per heavy atom. The predicted octanol–water partition coefficient (Wildman–Crippen LogP) is 2.12. The number of pyridine rings is 1. The summed E-state index contributed by atoms with van der Waals surface area (Å²) in [6, 6.07) is 14.4. The van der Waals surface area contributed by atoms with Crippen molar-refractivity contribution >= 4 is 23.3 Å². The first-order chi connectivity index (χ1) is 15.3. The molecule has 3 rings (SSSR count). The number of benzene rings is 1. The van der Waals surface area contributed by atoms with Gasteiger partial charge in [0, 0.05) is 12.6 Å². The normalized spacial score (nSPS) is 16.3. The first kappa shape index (κ1) is 23.3. The average Bonchev–Trinajstić information content (AvgIpc) is 3.24. The van der Waals surface area contributed by atoms with Crippen molar-refractivity contribution in [1.82, 2.24) is 9.99 Å². The quantitative estimate of drug-likeness (QED) is 0.248. The van der Waals surface area contributed by atoms with E-state index in [2.05, 4.69) is 15.5 Å². The van der Waals surface area contributed by atoms with Crippen molar-refractivity contribution in [3.63, 3.8) is 0 Å². The van der Waals surface area contributed by atoms with Crippen LogP contribution in [0.5, 0.6) is 0 Å². The van der Waals surface area contributed by atoms with Gasteiger partial charge in [-0.3, -0.25) is 15.2 Å². The maximum Gasteiger partial charge on any atom is 0.233 e. The molecule has 1 atom stereocenters. The second-order valence-electron chi connectivity index (χ2n) is 7.48. The number of aromatic nitrogens is 1. The number of oxime groups is 1. The summed E-state index contributed by atoms with van der Waals surface area (Å²) < 4.78 is 11.1. The number of ether oxygens (including phenoxy) is 2. The number of rotatable bonds is 8. The van der Waals surface area contributed by atoms with E-state index in [0.29, 0.717) is 36.0 Å². The number of anilines is 1. The molecule has 1 saturated heterocycles. The van der Waals surface area contributed by atoms with Gasteiger partial charge in [0.25, 0.3) is 0 Å². The number of likely N-dealkylation sites (N-methyl/N-ethyl adjacent to an activating group) is 1. The number of hydrazine groups is 1. The first-order valence-electron chi connectivity index (χ1n) is 10.2. The number of nitrogens with zero attached hydrogens (tertiary/aromatic N) is 3. The molecule has 2 aromatic rings. The van der Waals surface area contributed by atoms with Gasteiger partial charge in [0.15, 0.2) is 23.9 Å². The van der Waals surface area contributed by atoms with Crippen LogP contribution in [0.25, 0.3) is 0 Å². The second kappa shape index (κ2) is 10.3. The summed E-state index contributed by atoms with van der Waals surface area (Å²) in [5, 5.41) is 16.2. The molecule has 1 aromatic carbocycles. The highest BCUT2D eigenvalue weighted by atomic mass is 16.7. The summed E-state index contributed by atoms with van der Waals surface area (Å²) in [7, 11) is 1.55. The molecule has 10 heteroatoms. The van der Waals surface area contributed by atoms with Gasteiger partial charge in [-0.15, -0.1) is 0 Å². The van der Waals surface area contributed by atoms with Crippen LogP contribution in [0.4, 0.5) is 5.82 Å². The third-order valence-electron chi connectivity index (χ3n) is 5.09. The lowest BCUT2D eigenvalue weighted by Crippen LogP contribution is -2.41. The van der Waals surface area contributed by atoms with Crippen LogP contribution in [0.15, 0.2) is 53.7 Å². The van der Waals surface area contributed by atoms with Crippen molar-refractivity contribution in [3.05, 3.63) is 59.8 Å². The summed E-state index contributed by atoms with van der Waals surface area (Å²) in [6.07, 6.45) is 0. The highest BCUT2D eigenvalue weighted by molar-refractivity contribution is 6.46. The molecule has 32 heavy (non-hydrogen) atoms. The topological polar surface area (TPSA) is 135 Å². The number of carbonyl (C=O) groups excluding carboxylic acids is 1. The fourth-order valence-corrected chi connectivity index (χ4v) is 3.04. The van der Waals surface area contributed by atoms with E-state index in [1.54, 1.807) is 39.1 Å². The van der Waals surface area contributed by atoms with Crippen molar-refractivity contribution in [1.29, 1.82) is 5.41 Å². The smallest absolute Gasteiger partial charge is 0.233 e. The van der Waals surface area contributed by atoms with Gasteiger partial charge in [-0.2, -0.15) is 0 Å². The van der Waals surface area contributed by atoms with Gasteiger partial charge in [-0.1, -0.05) is 41.6 Å². The number of carbonyl (C=O) groups is 1. The van der Waals surface area contributed by atoms with Crippen LogP contribution < -0.4 is 11.2 Å². The number of hydrogen-bond acceptors (Lipinski definition) is 8. The molecule has 1 aliphatic heterocycles. The van der Waals surface area contributed by atoms with E-state index < -0.39 is 11.7 Å². The van der Waals surface area contributed by atoms with Crippen molar-refractivity contribution in [2.24, 2.45) is 16.9 Å². The minimum Gasteiger partial charge on any atom is -0.389 e. The Morgan fingerprint density at radius 2 is 1.97 bits per heavy atom. The highest BCUT2D eigenvalue weighted by Gasteiger charge is 2.41. The van der Waals surface area contributed by atoms with Gasteiger partial charge in [0.05, 0.1) is 24.8 Å². The van der Waals surface area contributed by atoms with Crippen molar-refractivity contribution in [2.45, 2.75) is 26.2 Å². The number of amides is 1. The second-order valence-corrected chi connectivity index (χ2v) is 7.48. The van der Waals surface area contributed by atoms with Crippen LogP contribution >= 0.6 is 0 Å². The number of nitrogens with two attached hydrogens (primary N) is 1. The van der Waals surface area contributed by atoms with Crippen LogP contribution in [0.2, 0.25) is 0 Å². The number of hydrogen-bond donors (Lipinski definition) is 3. The van der Waals surface area contributed by atoms with Gasteiger partial charge in [0.1, 0.15) is 5.82 Å². The fourth-order valence-electron chi connectivity index (χ4n) is 3.04. The molecule has 1 unspecified atom stereocenters. The molecule has 1 aromatic heterocycles. The predicted molar refractivity (Wildman–Crippen MR) is 120 cm³/mol. The summed E-state index contributed by atoms with van der Waals surface area (Å²) >= 11 is 0. The van der Waals surface area contributed by atoms with E-state index in [1.807, 2.05) is 30.3 Å². The molecule has 4 N–H and O–H groups in total. The summed E-state index contributed by atoms with van der Waals surface area (Å²) in [5.74, 6) is 4.35. The van der Waals surface area contributed by atoms with Gasteiger partial charge in [-0.25, -0.2) is 10.8 Å². The van der Waals surface area contributed by atoms with E-state index in [0.717, 1.165) is 5.01 Å². The van der Waals surface area contributed by atoms with Crippen molar-refractivity contribution in [3.8, 4) is 0 Å². The molecule has 1 aliphatic rings. The molecule has 0 aliphatic carbocycles. The molecule has 0 spiro atoms. The standard InChI is InChI=1S/C22H28N6O4/c1-15(22(2)30-12-13-31-22)21(29)26-18-11-7-10-17(25-18)14-32-27-19(20(23)28(3)24)16-8-5-4-6-9-16/h4-11,15,23H,12-14,24H2,1-3H3,(H,25,26,29)/b23-20?,27-19-. The zero-order chi connectivity index (χ0) is 23.1. The van der Waals surface area contributed by atoms with Gasteiger partial charge in [-0.05, 0) is 26.0 Å². The molecular weight excluding hydrogens is 412 g/mol. The Kier molecular flexibility index (Phi) is 7.52. The minimum absolute atomic E-state index is 0.00371. The van der Waals surface area contributed by atoms with Crippen molar-refractivity contribution < 1.29 is 19.1 Å². The SMILES string of the molecule is CC(C(=O)Nc1cccc(CO/N=C(\C(=N)N(C)N)c2ccccc2)n1)C1(C)OCCO1. The Labute approximate surface area is 186 Å². The van der Waals surface area contributed by atoms with Crippen LogP contribution in [0.1, 0.15) is 25.1 Å². The average molecular weight is 441 g/mol. The van der Waals surface area contributed by atoms with Crippen LogP contribution in [0.3, 0.4) is 0 Å². The Bertz CT molecular complexity index is 973. The molecule has 1 amide bonds. The molecular formula is C22H28N6O4. The largest absolute Gasteiger partial charge is 0.389 e. The van der Waals surface area contributed by atoms with E-state index in [1.165, 1.54) is 0 Å². The van der Waals surface area contributed by atoms with E-state index in [9.17, 15) is 4.79 Å². The van der Waals surface area contributed by atoms with E-state index >= 15 is 0 Å². The van der Waals surface area contributed by atoms with Crippen LogP contribution in [-0.4, -0.2) is 53.5 Å². The zero-order valence-corrected chi connectivity index (χ0v) is 18.4. The van der Waals surface area contributed by atoms with Gasteiger partial charge < -0.3 is 19.6 Å². The minimum atomic E-state index is -0.950. The monoisotopic (exact) mass is 440 g/mol. The number of nitrogens with one attached hydrogen (secondary N) is 2. The highest BCUT2D eigenvalue weighted by Crippen LogP contribution is 2.28. The lowest BCUT2D eigenvalue weighted by molar-refractivity contribution is -0.181. The van der Waals surface area contributed by atoms with Crippen molar-refractivity contribution in [2.75, 3.05) is 25.6 Å². The third kappa shape index (κ3) is 5.67. The molecule has 1 fully saturated rings. The van der Waals surface area contributed by atoms with E-state index in [-0.39, 0.29) is 18.3 Å². The Balaban J connectivity index is 1.66. The molecule has 0 saturated carbocycles. The summed E-state index contributed by atoms with van der Waals surface area (Å²) in [5.41, 5.74) is 1.54. The molecule has 170 valence electrons. The summed E-state index contributed by atoms with van der Waals surface area (Å²) in [6.45, 7) is 4.46. The molecule has 10 nitrogen and oxygen atoms in total.